The Bertz CT molecular complexity index is 1670. The van der Waals surface area contributed by atoms with E-state index in [4.69, 9.17) is 19.2 Å². The van der Waals surface area contributed by atoms with Crippen LogP contribution in [0.15, 0.2) is 54.9 Å². The highest BCUT2D eigenvalue weighted by atomic mass is 32.1. The molecular formula is C29H30N6O4S. The normalized spacial score (nSPS) is 11.3. The predicted octanol–water partition coefficient (Wildman–Crippen LogP) is 7.14. The quantitative estimate of drug-likeness (QED) is 0.194. The van der Waals surface area contributed by atoms with E-state index in [0.29, 0.717) is 45.7 Å². The van der Waals surface area contributed by atoms with E-state index in [-0.39, 0.29) is 5.41 Å². The van der Waals surface area contributed by atoms with Gasteiger partial charge in [0.05, 0.1) is 29.6 Å². The molecule has 0 saturated heterocycles. The van der Waals surface area contributed by atoms with Crippen LogP contribution in [-0.2, 0) is 5.41 Å². The molecule has 5 rings (SSSR count). The molecule has 5 aromatic rings. The first-order valence-electron chi connectivity index (χ1n) is 12.5. The van der Waals surface area contributed by atoms with E-state index in [1.54, 1.807) is 63.0 Å². The van der Waals surface area contributed by atoms with E-state index in [2.05, 4.69) is 46.4 Å². The molecule has 3 heterocycles. The second-order valence-electron chi connectivity index (χ2n) is 10.0. The zero-order chi connectivity index (χ0) is 28.4. The van der Waals surface area contributed by atoms with Gasteiger partial charge in [0.2, 0.25) is 0 Å². The summed E-state index contributed by atoms with van der Waals surface area (Å²) in [7, 11) is 3.17. The molecule has 0 radical (unpaired) electrons. The number of H-pyrrole nitrogens is 1. The van der Waals surface area contributed by atoms with Crippen LogP contribution < -0.4 is 24.8 Å². The number of hydrogen-bond acceptors (Lipinski definition) is 8. The van der Waals surface area contributed by atoms with Gasteiger partial charge in [0.15, 0.2) is 11.5 Å². The van der Waals surface area contributed by atoms with Gasteiger partial charge in [-0.3, -0.25) is 10.3 Å². The Kier molecular flexibility index (Phi) is 7.31. The van der Waals surface area contributed by atoms with E-state index in [0.717, 1.165) is 21.1 Å². The predicted molar refractivity (Wildman–Crippen MR) is 157 cm³/mol. The lowest BCUT2D eigenvalue weighted by molar-refractivity contribution is 0.262. The van der Waals surface area contributed by atoms with Gasteiger partial charge >= 0.3 is 6.03 Å². The van der Waals surface area contributed by atoms with Crippen molar-refractivity contribution in [3.05, 3.63) is 65.7 Å². The molecule has 0 aliphatic heterocycles. The largest absolute Gasteiger partial charge is 0.493 e. The molecule has 3 N–H and O–H groups in total. The van der Waals surface area contributed by atoms with Crippen LogP contribution in [0.5, 0.6) is 23.0 Å². The second kappa shape index (κ2) is 10.9. The molecule has 0 fully saturated rings. The van der Waals surface area contributed by atoms with Gasteiger partial charge in [-0.15, -0.1) is 11.3 Å². The molecule has 0 atom stereocenters. The first kappa shape index (κ1) is 26.9. The summed E-state index contributed by atoms with van der Waals surface area (Å²) in [5.41, 5.74) is 1.75. The number of carbonyl (C=O) groups excluding carboxylic acids is 1. The van der Waals surface area contributed by atoms with Gasteiger partial charge in [-0.1, -0.05) is 20.8 Å². The topological polar surface area (TPSA) is 123 Å². The standard InChI is InChI=1S/C29H30N6O4S/c1-16-31-15-24(40-16)25-26(34-27(33-25)29(2,3)4)35-28(36)32-17-7-9-18(10-8-17)39-21-11-12-30-20-14-23(38-6)22(37-5)13-19(20)21/h7-15H,1-6H3,(H,33,34)(H2,32,35,36). The molecule has 40 heavy (non-hydrogen) atoms. The lowest BCUT2D eigenvalue weighted by atomic mass is 9.96. The zero-order valence-electron chi connectivity index (χ0n) is 23.1. The fraction of sp³-hybridized carbons (Fsp3) is 0.241. The van der Waals surface area contributed by atoms with Gasteiger partial charge in [-0.25, -0.2) is 14.8 Å². The molecule has 0 aliphatic carbocycles. The number of aryl methyl sites for hydroxylation is 1. The molecule has 206 valence electrons. The third-order valence-electron chi connectivity index (χ3n) is 6.05. The van der Waals surface area contributed by atoms with Crippen LogP contribution in [0.4, 0.5) is 16.3 Å². The number of carbonyl (C=O) groups is 1. The summed E-state index contributed by atoms with van der Waals surface area (Å²) in [6.07, 6.45) is 3.44. The summed E-state index contributed by atoms with van der Waals surface area (Å²) in [5, 5.41) is 7.47. The summed E-state index contributed by atoms with van der Waals surface area (Å²) in [4.78, 5) is 30.6. The molecule has 0 unspecified atom stereocenters. The molecule has 10 nitrogen and oxygen atoms in total. The molecule has 0 bridgehead atoms. The fourth-order valence-electron chi connectivity index (χ4n) is 4.01. The number of thiazole rings is 1. The average Bonchev–Trinajstić information content (AvgIpc) is 3.55. The van der Waals surface area contributed by atoms with Gasteiger partial charge in [-0.2, -0.15) is 0 Å². The van der Waals surface area contributed by atoms with Crippen molar-refractivity contribution >= 4 is 39.8 Å². The number of nitrogens with zero attached hydrogens (tertiary/aromatic N) is 3. The van der Waals surface area contributed by atoms with Gasteiger partial charge in [0.1, 0.15) is 28.8 Å². The Labute approximate surface area is 235 Å². The van der Waals surface area contributed by atoms with Gasteiger partial charge < -0.3 is 24.5 Å². The summed E-state index contributed by atoms with van der Waals surface area (Å²) in [5.74, 6) is 3.67. The van der Waals surface area contributed by atoms with Crippen molar-refractivity contribution in [1.29, 1.82) is 0 Å². The Morgan fingerprint density at radius 2 is 1.68 bits per heavy atom. The van der Waals surface area contributed by atoms with Crippen LogP contribution in [-0.4, -0.2) is 40.2 Å². The number of ether oxygens (including phenoxy) is 3. The number of aromatic nitrogens is 4. The maximum atomic E-state index is 12.9. The van der Waals surface area contributed by atoms with Crippen LogP contribution >= 0.6 is 11.3 Å². The first-order chi connectivity index (χ1) is 19.1. The van der Waals surface area contributed by atoms with E-state index < -0.39 is 6.03 Å². The van der Waals surface area contributed by atoms with Crippen molar-refractivity contribution in [2.45, 2.75) is 33.1 Å². The van der Waals surface area contributed by atoms with Crippen molar-refractivity contribution in [2.24, 2.45) is 0 Å². The smallest absolute Gasteiger partial charge is 0.324 e. The molecule has 3 aromatic heterocycles. The molecule has 2 amide bonds. The number of methoxy groups -OCH3 is 2. The van der Waals surface area contributed by atoms with Crippen LogP contribution in [0.2, 0.25) is 0 Å². The summed E-state index contributed by atoms with van der Waals surface area (Å²) in [6.45, 7) is 8.11. The van der Waals surface area contributed by atoms with Crippen LogP contribution in [0, 0.1) is 6.92 Å². The van der Waals surface area contributed by atoms with Crippen molar-refractivity contribution < 1.29 is 19.0 Å². The molecule has 11 heteroatoms. The number of rotatable bonds is 7. The Balaban J connectivity index is 1.31. The SMILES string of the molecule is COc1cc2nccc(Oc3ccc(NC(=O)Nc4[nH]c(C(C)(C)C)nc4-c4cnc(C)s4)cc3)c2cc1OC. The minimum atomic E-state index is -0.401. The number of urea groups is 1. The number of benzene rings is 2. The highest BCUT2D eigenvalue weighted by Gasteiger charge is 2.23. The van der Waals surface area contributed by atoms with E-state index in [1.165, 1.54) is 11.3 Å². The third kappa shape index (κ3) is 5.69. The summed E-state index contributed by atoms with van der Waals surface area (Å²) in [6, 6.07) is 12.1. The fourth-order valence-corrected chi connectivity index (χ4v) is 4.79. The Morgan fingerprint density at radius 3 is 2.33 bits per heavy atom. The maximum Gasteiger partial charge on any atom is 0.324 e. The van der Waals surface area contributed by atoms with Gasteiger partial charge in [0.25, 0.3) is 0 Å². The summed E-state index contributed by atoms with van der Waals surface area (Å²) >= 11 is 1.52. The number of fused-ring (bicyclic) bond motifs is 1. The molecule has 0 saturated carbocycles. The third-order valence-corrected chi connectivity index (χ3v) is 6.97. The number of aromatic amines is 1. The van der Waals surface area contributed by atoms with E-state index in [1.807, 2.05) is 13.0 Å². The lowest BCUT2D eigenvalue weighted by Gasteiger charge is -2.14. The Morgan fingerprint density at radius 1 is 0.950 bits per heavy atom. The van der Waals surface area contributed by atoms with Crippen LogP contribution in [0.3, 0.4) is 0 Å². The minimum absolute atomic E-state index is 0.224. The van der Waals surface area contributed by atoms with Crippen LogP contribution in [0.25, 0.3) is 21.5 Å². The zero-order valence-corrected chi connectivity index (χ0v) is 23.9. The first-order valence-corrected chi connectivity index (χ1v) is 13.4. The van der Waals surface area contributed by atoms with E-state index in [9.17, 15) is 4.79 Å². The van der Waals surface area contributed by atoms with Gasteiger partial charge in [0, 0.05) is 34.9 Å². The second-order valence-corrected chi connectivity index (χ2v) is 11.3. The number of anilines is 2. The highest BCUT2D eigenvalue weighted by molar-refractivity contribution is 7.15. The number of hydrogen-bond donors (Lipinski definition) is 3. The maximum absolute atomic E-state index is 12.9. The molecule has 0 aliphatic rings. The summed E-state index contributed by atoms with van der Waals surface area (Å²) < 4.78 is 16.9. The lowest BCUT2D eigenvalue weighted by Crippen LogP contribution is -2.20. The molecular weight excluding hydrogens is 528 g/mol. The number of amides is 2. The van der Waals surface area contributed by atoms with Gasteiger partial charge in [-0.05, 0) is 43.3 Å². The number of imidazole rings is 1. The monoisotopic (exact) mass is 558 g/mol. The van der Waals surface area contributed by atoms with Crippen molar-refractivity contribution in [1.82, 2.24) is 19.9 Å². The average molecular weight is 559 g/mol. The van der Waals surface area contributed by atoms with Crippen molar-refractivity contribution in [2.75, 3.05) is 24.9 Å². The number of nitrogens with one attached hydrogen (secondary N) is 3. The highest BCUT2D eigenvalue weighted by Crippen LogP contribution is 2.37. The number of pyridine rings is 1. The van der Waals surface area contributed by atoms with Crippen LogP contribution in [0.1, 0.15) is 31.6 Å². The minimum Gasteiger partial charge on any atom is -0.493 e. The Hall–Kier alpha value is -4.64. The molecule has 0 spiro atoms. The molecule has 2 aromatic carbocycles. The van der Waals surface area contributed by atoms with Crippen molar-refractivity contribution in [3.63, 3.8) is 0 Å². The van der Waals surface area contributed by atoms with E-state index >= 15 is 0 Å². The van der Waals surface area contributed by atoms with Crippen molar-refractivity contribution in [3.8, 4) is 33.6 Å².